The SMILES string of the molecule is COc1ccc(S(=O)(=O)N(CC(C)C)C[C@@H](O)[C@H](Cc2ccccc2)NC(=O)[C@H](C(C)C)N2CCN(Cc3csc(NC(C)=O)n3)C2=O)cc1. The molecular weight excluding hydrogens is 681 g/mol. The van der Waals surface area contributed by atoms with Gasteiger partial charge in [-0.3, -0.25) is 9.59 Å². The van der Waals surface area contributed by atoms with Gasteiger partial charge >= 0.3 is 6.03 Å². The van der Waals surface area contributed by atoms with Crippen molar-refractivity contribution in [1.82, 2.24) is 24.4 Å². The number of nitrogens with zero attached hydrogens (tertiary/aromatic N) is 4. The molecule has 1 aliphatic rings. The monoisotopic (exact) mass is 728 g/mol. The minimum Gasteiger partial charge on any atom is -0.497 e. The Bertz CT molecular complexity index is 1700. The van der Waals surface area contributed by atoms with Crippen LogP contribution < -0.4 is 15.4 Å². The van der Waals surface area contributed by atoms with Crippen molar-refractivity contribution in [2.75, 3.05) is 38.6 Å². The summed E-state index contributed by atoms with van der Waals surface area (Å²) in [6.45, 7) is 9.70. The Balaban J connectivity index is 1.54. The molecule has 0 aliphatic carbocycles. The molecule has 2 heterocycles. The highest BCUT2D eigenvalue weighted by molar-refractivity contribution is 7.89. The Kier molecular flexibility index (Phi) is 13.4. The van der Waals surface area contributed by atoms with Crippen molar-refractivity contribution in [1.29, 1.82) is 0 Å². The number of nitrogens with one attached hydrogen (secondary N) is 2. The molecule has 272 valence electrons. The summed E-state index contributed by atoms with van der Waals surface area (Å²) in [5, 5.41) is 19.6. The number of urea groups is 1. The molecule has 0 saturated carbocycles. The molecular formula is C35H48N6O7S2. The van der Waals surface area contributed by atoms with E-state index >= 15 is 0 Å². The molecule has 50 heavy (non-hydrogen) atoms. The Morgan fingerprint density at radius 2 is 1.72 bits per heavy atom. The van der Waals surface area contributed by atoms with Crippen LogP contribution >= 0.6 is 11.3 Å². The number of methoxy groups -OCH3 is 1. The molecule has 0 unspecified atom stereocenters. The number of aromatic nitrogens is 1. The molecule has 1 aliphatic heterocycles. The third kappa shape index (κ3) is 10.0. The fourth-order valence-corrected chi connectivity index (χ4v) is 8.29. The Labute approximate surface area is 298 Å². The number of thiazole rings is 1. The average molecular weight is 729 g/mol. The van der Waals surface area contributed by atoms with E-state index in [-0.39, 0.29) is 54.7 Å². The van der Waals surface area contributed by atoms with Gasteiger partial charge < -0.3 is 30.3 Å². The summed E-state index contributed by atoms with van der Waals surface area (Å²) in [6.07, 6.45) is -1.05. The van der Waals surface area contributed by atoms with E-state index in [4.69, 9.17) is 4.74 Å². The van der Waals surface area contributed by atoms with E-state index in [0.717, 1.165) is 5.56 Å². The summed E-state index contributed by atoms with van der Waals surface area (Å²) in [5.74, 6) is -0.476. The fraction of sp³-hybridized carbons (Fsp3) is 0.486. The molecule has 1 saturated heterocycles. The predicted octanol–water partition coefficient (Wildman–Crippen LogP) is 3.81. The zero-order valence-corrected chi connectivity index (χ0v) is 31.0. The summed E-state index contributed by atoms with van der Waals surface area (Å²) < 4.78 is 34.1. The van der Waals surface area contributed by atoms with Gasteiger partial charge in [-0.05, 0) is 48.1 Å². The van der Waals surface area contributed by atoms with Crippen LogP contribution in [0.4, 0.5) is 9.93 Å². The normalized spacial score (nSPS) is 15.4. The fourth-order valence-electron chi connectivity index (χ4n) is 5.92. The summed E-state index contributed by atoms with van der Waals surface area (Å²) in [7, 11) is -2.52. The maximum Gasteiger partial charge on any atom is 0.321 e. The summed E-state index contributed by atoms with van der Waals surface area (Å²) in [5.41, 5.74) is 1.47. The van der Waals surface area contributed by atoms with Crippen molar-refractivity contribution in [2.45, 2.75) is 70.7 Å². The van der Waals surface area contributed by atoms with Gasteiger partial charge in [0.15, 0.2) is 5.13 Å². The van der Waals surface area contributed by atoms with Crippen molar-refractivity contribution in [3.8, 4) is 5.75 Å². The number of rotatable bonds is 17. The van der Waals surface area contributed by atoms with Gasteiger partial charge in [0, 0.05) is 38.5 Å². The summed E-state index contributed by atoms with van der Waals surface area (Å²) >= 11 is 1.27. The molecule has 4 amide bonds. The van der Waals surface area contributed by atoms with Gasteiger partial charge in [0.05, 0.1) is 36.4 Å². The Hall–Kier alpha value is -4.05. The number of benzene rings is 2. The molecule has 2 aromatic carbocycles. The molecule has 1 fully saturated rings. The van der Waals surface area contributed by atoms with Crippen LogP contribution in [-0.4, -0.2) is 102 Å². The van der Waals surface area contributed by atoms with Crippen LogP contribution in [0.25, 0.3) is 0 Å². The lowest BCUT2D eigenvalue weighted by atomic mass is 9.97. The second kappa shape index (κ2) is 17.2. The summed E-state index contributed by atoms with van der Waals surface area (Å²) in [4.78, 5) is 46.7. The number of anilines is 1. The van der Waals surface area contributed by atoms with Crippen LogP contribution in [0, 0.1) is 11.8 Å². The lowest BCUT2D eigenvalue weighted by Crippen LogP contribution is -2.57. The number of hydrogen-bond donors (Lipinski definition) is 3. The quantitative estimate of drug-likeness (QED) is 0.189. The third-order valence-corrected chi connectivity index (χ3v) is 11.0. The van der Waals surface area contributed by atoms with Crippen LogP contribution in [0.3, 0.4) is 0 Å². The van der Waals surface area contributed by atoms with E-state index in [1.54, 1.807) is 22.4 Å². The third-order valence-electron chi connectivity index (χ3n) is 8.30. The van der Waals surface area contributed by atoms with Crippen molar-refractivity contribution >= 4 is 44.3 Å². The first kappa shape index (κ1) is 38.7. The molecule has 3 N–H and O–H groups in total. The molecule has 0 bridgehead atoms. The Morgan fingerprint density at radius 3 is 2.32 bits per heavy atom. The maximum atomic E-state index is 14.1. The van der Waals surface area contributed by atoms with Gasteiger partial charge in [-0.15, -0.1) is 11.3 Å². The van der Waals surface area contributed by atoms with Gasteiger partial charge in [-0.2, -0.15) is 4.31 Å². The number of carbonyl (C=O) groups is 3. The first-order valence-electron chi connectivity index (χ1n) is 16.6. The van der Waals surface area contributed by atoms with Crippen molar-refractivity contribution in [3.63, 3.8) is 0 Å². The van der Waals surface area contributed by atoms with Crippen LogP contribution in [0.1, 0.15) is 45.9 Å². The number of ether oxygens (including phenoxy) is 1. The molecule has 0 radical (unpaired) electrons. The van der Waals surface area contributed by atoms with E-state index in [2.05, 4.69) is 15.6 Å². The van der Waals surface area contributed by atoms with Gasteiger partial charge in [0.1, 0.15) is 11.8 Å². The minimum absolute atomic E-state index is 0.0481. The number of aliphatic hydroxyl groups excluding tert-OH is 1. The largest absolute Gasteiger partial charge is 0.497 e. The predicted molar refractivity (Wildman–Crippen MR) is 192 cm³/mol. The van der Waals surface area contributed by atoms with E-state index in [9.17, 15) is 27.9 Å². The van der Waals surface area contributed by atoms with Crippen LogP contribution in [0.15, 0.2) is 64.9 Å². The maximum absolute atomic E-state index is 14.1. The molecule has 13 nitrogen and oxygen atoms in total. The number of amides is 4. The lowest BCUT2D eigenvalue weighted by molar-refractivity contribution is -0.128. The molecule has 4 rings (SSSR count). The van der Waals surface area contributed by atoms with Gasteiger partial charge in [-0.1, -0.05) is 58.0 Å². The zero-order chi connectivity index (χ0) is 36.6. The topological polar surface area (TPSA) is 161 Å². The van der Waals surface area contributed by atoms with Crippen LogP contribution in [-0.2, 0) is 32.6 Å². The second-order valence-corrected chi connectivity index (χ2v) is 16.0. The lowest BCUT2D eigenvalue weighted by Gasteiger charge is -2.34. The van der Waals surface area contributed by atoms with Gasteiger partial charge in [-0.25, -0.2) is 18.2 Å². The van der Waals surface area contributed by atoms with E-state index < -0.39 is 34.1 Å². The number of aliphatic hydroxyl groups is 1. The number of hydrogen-bond acceptors (Lipinski definition) is 9. The molecule has 0 spiro atoms. The van der Waals surface area contributed by atoms with Crippen molar-refractivity contribution < 1.29 is 32.6 Å². The highest BCUT2D eigenvalue weighted by atomic mass is 32.2. The van der Waals surface area contributed by atoms with Gasteiger partial charge in [0.25, 0.3) is 0 Å². The van der Waals surface area contributed by atoms with E-state index in [1.807, 2.05) is 58.0 Å². The van der Waals surface area contributed by atoms with Gasteiger partial charge in [0.2, 0.25) is 21.8 Å². The first-order chi connectivity index (χ1) is 23.7. The summed E-state index contributed by atoms with van der Waals surface area (Å²) in [6, 6.07) is 13.4. The minimum atomic E-state index is -4.02. The molecule has 3 atom stereocenters. The highest BCUT2D eigenvalue weighted by Gasteiger charge is 2.40. The van der Waals surface area contributed by atoms with Crippen molar-refractivity contribution in [3.05, 3.63) is 71.2 Å². The zero-order valence-electron chi connectivity index (χ0n) is 29.4. The second-order valence-electron chi connectivity index (χ2n) is 13.2. The average Bonchev–Trinajstić information content (AvgIpc) is 3.65. The Morgan fingerprint density at radius 1 is 1.04 bits per heavy atom. The number of sulfonamides is 1. The van der Waals surface area contributed by atoms with Crippen LogP contribution in [0.2, 0.25) is 0 Å². The molecule has 15 heteroatoms. The highest BCUT2D eigenvalue weighted by Crippen LogP contribution is 2.24. The number of carbonyl (C=O) groups excluding carboxylic acids is 3. The van der Waals surface area contributed by atoms with Crippen LogP contribution in [0.5, 0.6) is 5.75 Å². The standard InChI is InChI=1S/C35H48N6O7S2/c1-23(2)19-40(50(46,47)29-14-12-28(48-6)13-15-29)21-31(43)30(18-26-10-8-7-9-11-26)38-33(44)32(24(3)4)41-17-16-39(35(41)45)20-27-22-49-34(37-27)36-25(5)42/h7-15,22-24,30-32,43H,16-21H2,1-6H3,(H,38,44)(H,36,37,42)/t30-,31+,32-/m0/s1. The molecule has 3 aromatic rings. The van der Waals surface area contributed by atoms with Crippen molar-refractivity contribution in [2.24, 2.45) is 11.8 Å². The first-order valence-corrected chi connectivity index (χ1v) is 19.0. The smallest absolute Gasteiger partial charge is 0.321 e. The van der Waals surface area contributed by atoms with E-state index in [0.29, 0.717) is 29.7 Å². The molecule has 1 aromatic heterocycles. The van der Waals surface area contributed by atoms with E-state index in [1.165, 1.54) is 46.7 Å².